The minimum atomic E-state index is -1.06. The normalized spacial score (nSPS) is 14.4. The number of ether oxygens (including phenoxy) is 1. The fourth-order valence-electron chi connectivity index (χ4n) is 3.03. The molecule has 2 aromatic rings. The van der Waals surface area contributed by atoms with Gasteiger partial charge in [0.05, 0.1) is 11.8 Å². The van der Waals surface area contributed by atoms with E-state index >= 15 is 0 Å². The highest BCUT2D eigenvalue weighted by molar-refractivity contribution is 6.13. The van der Waals surface area contributed by atoms with Crippen LogP contribution < -0.4 is 15.4 Å². The van der Waals surface area contributed by atoms with Crippen LogP contribution in [0.15, 0.2) is 48.5 Å². The highest BCUT2D eigenvalue weighted by Crippen LogP contribution is 2.47. The number of anilines is 1. The van der Waals surface area contributed by atoms with Crippen molar-refractivity contribution in [3.05, 3.63) is 59.9 Å². The third kappa shape index (κ3) is 4.50. The van der Waals surface area contributed by atoms with E-state index in [0.29, 0.717) is 36.3 Å². The van der Waals surface area contributed by atoms with Gasteiger partial charge in [-0.05, 0) is 56.9 Å². The van der Waals surface area contributed by atoms with Crippen LogP contribution in [0.25, 0.3) is 0 Å². The second-order valence-corrected chi connectivity index (χ2v) is 7.30. The quantitative estimate of drug-likeness (QED) is 0.682. The number of halogens is 1. The lowest BCUT2D eigenvalue weighted by molar-refractivity contribution is -0.134. The molecular formula is C22H25FN2O3. The molecule has 2 aromatic carbocycles. The summed E-state index contributed by atoms with van der Waals surface area (Å²) in [5.41, 5.74) is 0.0312. The zero-order chi connectivity index (χ0) is 20.1. The summed E-state index contributed by atoms with van der Waals surface area (Å²) in [5, 5.41) is 5.61. The van der Waals surface area contributed by atoms with Crippen molar-refractivity contribution < 1.29 is 18.7 Å². The molecule has 0 atom stereocenters. The Morgan fingerprint density at radius 3 is 2.43 bits per heavy atom. The fraction of sp³-hybridized carbons (Fsp3) is 0.364. The van der Waals surface area contributed by atoms with Gasteiger partial charge in [-0.3, -0.25) is 9.59 Å². The first-order valence-corrected chi connectivity index (χ1v) is 9.51. The highest BCUT2D eigenvalue weighted by Gasteiger charge is 2.56. The number of carbonyl (C=O) groups is 2. The molecule has 0 aromatic heterocycles. The van der Waals surface area contributed by atoms with Crippen molar-refractivity contribution >= 4 is 17.5 Å². The predicted molar refractivity (Wildman–Crippen MR) is 106 cm³/mol. The molecule has 2 N–H and O–H groups in total. The molecule has 1 aliphatic carbocycles. The van der Waals surface area contributed by atoms with Crippen molar-refractivity contribution in [3.63, 3.8) is 0 Å². The van der Waals surface area contributed by atoms with E-state index in [1.54, 1.807) is 36.4 Å². The number of hydrogen-bond donors (Lipinski definition) is 2. The third-order valence-corrected chi connectivity index (χ3v) is 4.75. The highest BCUT2D eigenvalue weighted by atomic mass is 19.1. The summed E-state index contributed by atoms with van der Waals surface area (Å²) < 4.78 is 19.4. The molecule has 0 spiro atoms. The fourth-order valence-corrected chi connectivity index (χ4v) is 3.03. The van der Waals surface area contributed by atoms with Crippen LogP contribution in [0.2, 0.25) is 0 Å². The van der Waals surface area contributed by atoms with Crippen molar-refractivity contribution in [1.29, 1.82) is 0 Å². The number of rotatable bonds is 8. The van der Waals surface area contributed by atoms with Gasteiger partial charge in [0, 0.05) is 6.54 Å². The van der Waals surface area contributed by atoms with E-state index in [9.17, 15) is 14.0 Å². The Hall–Kier alpha value is -2.89. The van der Waals surface area contributed by atoms with Gasteiger partial charge in [-0.1, -0.05) is 30.3 Å². The Bertz CT molecular complexity index is 862. The standard InChI is InChI=1S/C22H25FN2O3/c1-15(2)28-19-10-6-5-9-18(19)25-21(27)22(12-13-22)20(26)24-14-11-16-7-3-4-8-17(16)23/h3-10,15H,11-14H2,1-2H3,(H,24,26)(H,25,27). The van der Waals surface area contributed by atoms with Crippen LogP contribution in [0.3, 0.4) is 0 Å². The molecule has 0 heterocycles. The minimum absolute atomic E-state index is 0.0328. The topological polar surface area (TPSA) is 67.4 Å². The molecule has 1 fully saturated rings. The molecule has 5 nitrogen and oxygen atoms in total. The molecule has 0 radical (unpaired) electrons. The van der Waals surface area contributed by atoms with E-state index in [1.165, 1.54) is 6.07 Å². The van der Waals surface area contributed by atoms with Crippen LogP contribution >= 0.6 is 0 Å². The second kappa shape index (κ2) is 8.42. The van der Waals surface area contributed by atoms with E-state index in [1.807, 2.05) is 19.9 Å². The molecule has 3 rings (SSSR count). The second-order valence-electron chi connectivity index (χ2n) is 7.30. The Morgan fingerprint density at radius 1 is 1.07 bits per heavy atom. The van der Waals surface area contributed by atoms with E-state index in [2.05, 4.69) is 10.6 Å². The summed E-state index contributed by atoms with van der Waals surface area (Å²) in [6.07, 6.45) is 1.34. The Morgan fingerprint density at radius 2 is 1.75 bits per heavy atom. The first-order valence-electron chi connectivity index (χ1n) is 9.51. The van der Waals surface area contributed by atoms with E-state index < -0.39 is 5.41 Å². The molecule has 0 bridgehead atoms. The van der Waals surface area contributed by atoms with Crippen molar-refractivity contribution in [2.45, 2.75) is 39.2 Å². The van der Waals surface area contributed by atoms with E-state index in [0.717, 1.165) is 0 Å². The van der Waals surface area contributed by atoms with Crippen molar-refractivity contribution in [2.75, 3.05) is 11.9 Å². The SMILES string of the molecule is CC(C)Oc1ccccc1NC(=O)C1(C(=O)NCCc2ccccc2F)CC1. The van der Waals surface area contributed by atoms with Gasteiger partial charge in [0.15, 0.2) is 0 Å². The lowest BCUT2D eigenvalue weighted by atomic mass is 10.0. The summed E-state index contributed by atoms with van der Waals surface area (Å²) in [6, 6.07) is 13.6. The number of nitrogens with one attached hydrogen (secondary N) is 2. The van der Waals surface area contributed by atoms with E-state index in [4.69, 9.17) is 4.74 Å². The van der Waals surface area contributed by atoms with Crippen LogP contribution in [-0.2, 0) is 16.0 Å². The number of amides is 2. The van der Waals surface area contributed by atoms with E-state index in [-0.39, 0.29) is 30.3 Å². The Kier molecular flexibility index (Phi) is 5.97. The molecule has 6 heteroatoms. The summed E-state index contributed by atoms with van der Waals surface area (Å²) in [7, 11) is 0. The lowest BCUT2D eigenvalue weighted by Crippen LogP contribution is -2.40. The van der Waals surface area contributed by atoms with Gasteiger partial charge in [0.1, 0.15) is 17.0 Å². The molecule has 28 heavy (non-hydrogen) atoms. The van der Waals surface area contributed by atoms with Gasteiger partial charge < -0.3 is 15.4 Å². The lowest BCUT2D eigenvalue weighted by Gasteiger charge is -2.18. The predicted octanol–water partition coefficient (Wildman–Crippen LogP) is 3.69. The van der Waals surface area contributed by atoms with Gasteiger partial charge in [-0.2, -0.15) is 0 Å². The maximum Gasteiger partial charge on any atom is 0.240 e. The minimum Gasteiger partial charge on any atom is -0.489 e. The number of carbonyl (C=O) groups excluding carboxylic acids is 2. The number of para-hydroxylation sites is 2. The number of hydrogen-bond acceptors (Lipinski definition) is 3. The largest absolute Gasteiger partial charge is 0.489 e. The van der Waals surface area contributed by atoms with Crippen LogP contribution in [0.5, 0.6) is 5.75 Å². The maximum atomic E-state index is 13.7. The monoisotopic (exact) mass is 384 g/mol. The first-order chi connectivity index (χ1) is 13.4. The third-order valence-electron chi connectivity index (χ3n) is 4.75. The molecule has 148 valence electrons. The van der Waals surface area contributed by atoms with Gasteiger partial charge in [0.2, 0.25) is 11.8 Å². The average molecular weight is 384 g/mol. The smallest absolute Gasteiger partial charge is 0.240 e. The van der Waals surface area contributed by atoms with Gasteiger partial charge >= 0.3 is 0 Å². The zero-order valence-corrected chi connectivity index (χ0v) is 16.1. The number of benzene rings is 2. The molecule has 0 saturated heterocycles. The molecule has 2 amide bonds. The molecule has 0 aliphatic heterocycles. The summed E-state index contributed by atoms with van der Waals surface area (Å²) in [6.45, 7) is 4.09. The van der Waals surface area contributed by atoms with Crippen LogP contribution in [0.1, 0.15) is 32.3 Å². The molecule has 0 unspecified atom stereocenters. The summed E-state index contributed by atoms with van der Waals surface area (Å²) in [5.74, 6) is -0.377. The van der Waals surface area contributed by atoms with Crippen molar-refractivity contribution in [1.82, 2.24) is 5.32 Å². The van der Waals surface area contributed by atoms with Crippen LogP contribution in [-0.4, -0.2) is 24.5 Å². The first kappa shape index (κ1) is 19.9. The molecule has 1 saturated carbocycles. The van der Waals surface area contributed by atoms with Crippen molar-refractivity contribution in [2.24, 2.45) is 5.41 Å². The maximum absolute atomic E-state index is 13.7. The van der Waals surface area contributed by atoms with Crippen molar-refractivity contribution in [3.8, 4) is 5.75 Å². The Balaban J connectivity index is 1.59. The molecular weight excluding hydrogens is 359 g/mol. The summed E-state index contributed by atoms with van der Waals surface area (Å²) in [4.78, 5) is 25.4. The van der Waals surface area contributed by atoms with Crippen LogP contribution in [0, 0.1) is 11.2 Å². The van der Waals surface area contributed by atoms with Crippen LogP contribution in [0.4, 0.5) is 10.1 Å². The van der Waals surface area contributed by atoms with Gasteiger partial charge in [-0.15, -0.1) is 0 Å². The van der Waals surface area contributed by atoms with Gasteiger partial charge in [0.25, 0.3) is 0 Å². The summed E-state index contributed by atoms with van der Waals surface area (Å²) >= 11 is 0. The molecule has 1 aliphatic rings. The zero-order valence-electron chi connectivity index (χ0n) is 16.1. The average Bonchev–Trinajstić information content (AvgIpc) is 3.46. The Labute approximate surface area is 164 Å². The van der Waals surface area contributed by atoms with Gasteiger partial charge in [-0.25, -0.2) is 4.39 Å².